The molecule has 1 heterocycles. The van der Waals surface area contributed by atoms with Crippen molar-refractivity contribution in [2.75, 3.05) is 11.5 Å². The maximum atomic E-state index is 11.4. The van der Waals surface area contributed by atoms with Crippen LogP contribution in [0.3, 0.4) is 0 Å². The molecule has 21 heavy (non-hydrogen) atoms. The summed E-state index contributed by atoms with van der Waals surface area (Å²) in [5, 5.41) is 8.32. The zero-order valence-corrected chi connectivity index (χ0v) is 15.2. The van der Waals surface area contributed by atoms with Gasteiger partial charge in [0.1, 0.15) is 6.10 Å². The number of thioether (sulfide) groups is 2. The SMILES string of the molecule is C=C(C)C(=O)OC(C)CSc1nnc(SCCCCC)s1. The van der Waals surface area contributed by atoms with E-state index < -0.39 is 0 Å². The third kappa shape index (κ3) is 7.87. The minimum atomic E-state index is -0.340. The summed E-state index contributed by atoms with van der Waals surface area (Å²) in [5.41, 5.74) is 0.425. The monoisotopic (exact) mass is 346 g/mol. The fourth-order valence-electron chi connectivity index (χ4n) is 1.33. The molecule has 1 rings (SSSR count). The molecule has 0 aliphatic carbocycles. The fourth-order valence-corrected chi connectivity index (χ4v) is 4.37. The van der Waals surface area contributed by atoms with Gasteiger partial charge in [-0.25, -0.2) is 4.79 Å². The fraction of sp³-hybridized carbons (Fsp3) is 0.643. The first-order chi connectivity index (χ1) is 10.0. The Balaban J connectivity index is 2.27. The predicted octanol–water partition coefficient (Wildman–Crippen LogP) is 4.42. The molecule has 1 aromatic heterocycles. The van der Waals surface area contributed by atoms with Crippen LogP contribution >= 0.6 is 34.9 Å². The van der Waals surface area contributed by atoms with Gasteiger partial charge in [0.15, 0.2) is 8.68 Å². The van der Waals surface area contributed by atoms with Gasteiger partial charge < -0.3 is 4.74 Å². The van der Waals surface area contributed by atoms with Crippen molar-refractivity contribution in [1.29, 1.82) is 0 Å². The summed E-state index contributed by atoms with van der Waals surface area (Å²) in [7, 11) is 0. The van der Waals surface area contributed by atoms with E-state index in [2.05, 4.69) is 23.7 Å². The summed E-state index contributed by atoms with van der Waals surface area (Å²) in [4.78, 5) is 11.4. The Hall–Kier alpha value is -0.530. The number of nitrogens with zero attached hydrogens (tertiary/aromatic N) is 2. The maximum Gasteiger partial charge on any atom is 0.333 e. The van der Waals surface area contributed by atoms with E-state index in [9.17, 15) is 4.79 Å². The van der Waals surface area contributed by atoms with Crippen LogP contribution in [0.1, 0.15) is 40.0 Å². The lowest BCUT2D eigenvalue weighted by molar-refractivity contribution is -0.142. The van der Waals surface area contributed by atoms with Gasteiger partial charge in [-0.2, -0.15) is 0 Å². The van der Waals surface area contributed by atoms with Crippen LogP contribution in [-0.2, 0) is 9.53 Å². The molecule has 1 atom stereocenters. The van der Waals surface area contributed by atoms with Crippen LogP contribution < -0.4 is 0 Å². The van der Waals surface area contributed by atoms with Crippen LogP contribution in [0, 0.1) is 0 Å². The molecule has 0 spiro atoms. The van der Waals surface area contributed by atoms with Crippen molar-refractivity contribution in [3.8, 4) is 0 Å². The number of carbonyl (C=O) groups excluding carboxylic acids is 1. The topological polar surface area (TPSA) is 52.1 Å². The maximum absolute atomic E-state index is 11.4. The first-order valence-electron chi connectivity index (χ1n) is 6.98. The van der Waals surface area contributed by atoms with E-state index in [1.54, 1.807) is 41.8 Å². The number of ether oxygens (including phenoxy) is 1. The molecule has 0 amide bonds. The zero-order chi connectivity index (χ0) is 15.7. The van der Waals surface area contributed by atoms with Gasteiger partial charge in [0, 0.05) is 17.1 Å². The lowest BCUT2D eigenvalue weighted by Crippen LogP contribution is -2.17. The van der Waals surface area contributed by atoms with Crippen molar-refractivity contribution in [2.45, 2.75) is 54.8 Å². The summed E-state index contributed by atoms with van der Waals surface area (Å²) in [5.74, 6) is 1.43. The molecule has 118 valence electrons. The highest BCUT2D eigenvalue weighted by Gasteiger charge is 2.12. The number of carbonyl (C=O) groups is 1. The van der Waals surface area contributed by atoms with Crippen LogP contribution in [-0.4, -0.2) is 33.8 Å². The van der Waals surface area contributed by atoms with E-state index in [0.717, 1.165) is 14.4 Å². The molecule has 0 aromatic carbocycles. The third-order valence-electron chi connectivity index (χ3n) is 2.46. The van der Waals surface area contributed by atoms with E-state index in [4.69, 9.17) is 4.74 Å². The minimum absolute atomic E-state index is 0.163. The molecule has 7 heteroatoms. The third-order valence-corrected chi connectivity index (χ3v) is 5.97. The van der Waals surface area contributed by atoms with Gasteiger partial charge in [0.25, 0.3) is 0 Å². The molecule has 0 radical (unpaired) electrons. The Bertz CT molecular complexity index is 463. The van der Waals surface area contributed by atoms with Crippen molar-refractivity contribution in [2.24, 2.45) is 0 Å². The first kappa shape index (κ1) is 18.5. The summed E-state index contributed by atoms with van der Waals surface area (Å²) in [6.07, 6.45) is 3.55. The summed E-state index contributed by atoms with van der Waals surface area (Å²) in [6.45, 7) is 9.29. The Morgan fingerprint density at radius 2 is 2.00 bits per heavy atom. The second-order valence-corrected chi connectivity index (χ2v) is 8.28. The van der Waals surface area contributed by atoms with E-state index in [0.29, 0.717) is 11.3 Å². The number of hydrogen-bond acceptors (Lipinski definition) is 7. The Morgan fingerprint density at radius 1 is 1.33 bits per heavy atom. The molecule has 0 aliphatic heterocycles. The van der Waals surface area contributed by atoms with Crippen LogP contribution in [0.15, 0.2) is 20.8 Å². The van der Waals surface area contributed by atoms with E-state index >= 15 is 0 Å². The summed E-state index contributed by atoms with van der Waals surface area (Å²) >= 11 is 4.94. The first-order valence-corrected chi connectivity index (χ1v) is 9.77. The molecule has 0 bridgehead atoms. The van der Waals surface area contributed by atoms with Gasteiger partial charge in [0.05, 0.1) is 0 Å². The second kappa shape index (κ2) is 10.2. The Labute approximate surface area is 139 Å². The van der Waals surface area contributed by atoms with Crippen LogP contribution in [0.2, 0.25) is 0 Å². The second-order valence-electron chi connectivity index (χ2n) is 4.70. The van der Waals surface area contributed by atoms with Crippen molar-refractivity contribution in [3.05, 3.63) is 12.2 Å². The molecule has 0 N–H and O–H groups in total. The highest BCUT2D eigenvalue weighted by Crippen LogP contribution is 2.29. The number of unbranched alkanes of at least 4 members (excludes halogenated alkanes) is 2. The smallest absolute Gasteiger partial charge is 0.333 e. The molecule has 0 saturated heterocycles. The Morgan fingerprint density at radius 3 is 2.62 bits per heavy atom. The molecule has 0 aliphatic rings. The van der Waals surface area contributed by atoms with Crippen molar-refractivity contribution >= 4 is 40.8 Å². The van der Waals surface area contributed by atoms with Gasteiger partial charge in [-0.3, -0.25) is 0 Å². The summed E-state index contributed by atoms with van der Waals surface area (Å²) < 4.78 is 7.16. The largest absolute Gasteiger partial charge is 0.458 e. The standard InChI is InChI=1S/C14H22N2O2S3/c1-5-6-7-8-19-13-15-16-14(21-13)20-9-11(4)18-12(17)10(2)3/h11H,2,5-9H2,1,3-4H3. The molecule has 4 nitrogen and oxygen atoms in total. The number of rotatable bonds is 10. The van der Waals surface area contributed by atoms with Gasteiger partial charge >= 0.3 is 5.97 Å². The average molecular weight is 347 g/mol. The number of hydrogen-bond donors (Lipinski definition) is 0. The van der Waals surface area contributed by atoms with Gasteiger partial charge in [-0.05, 0) is 20.3 Å². The zero-order valence-electron chi connectivity index (χ0n) is 12.8. The van der Waals surface area contributed by atoms with E-state index in [-0.39, 0.29) is 12.1 Å². The molecular weight excluding hydrogens is 324 g/mol. The predicted molar refractivity (Wildman–Crippen MR) is 91.3 cm³/mol. The van der Waals surface area contributed by atoms with E-state index in [1.807, 2.05) is 6.92 Å². The Kier molecular flexibility index (Phi) is 9.03. The van der Waals surface area contributed by atoms with Crippen LogP contribution in [0.4, 0.5) is 0 Å². The molecule has 1 aromatic rings. The van der Waals surface area contributed by atoms with Gasteiger partial charge in [-0.15, -0.1) is 10.2 Å². The molecule has 0 fully saturated rings. The van der Waals surface area contributed by atoms with Gasteiger partial charge in [-0.1, -0.05) is 61.2 Å². The van der Waals surface area contributed by atoms with Crippen molar-refractivity contribution < 1.29 is 9.53 Å². The average Bonchev–Trinajstić information content (AvgIpc) is 2.89. The quantitative estimate of drug-likeness (QED) is 0.270. The minimum Gasteiger partial charge on any atom is -0.458 e. The number of aromatic nitrogens is 2. The molecule has 0 saturated carbocycles. The van der Waals surface area contributed by atoms with Crippen molar-refractivity contribution in [3.63, 3.8) is 0 Å². The summed E-state index contributed by atoms with van der Waals surface area (Å²) in [6, 6.07) is 0. The lowest BCUT2D eigenvalue weighted by Gasteiger charge is -2.11. The van der Waals surface area contributed by atoms with Crippen LogP contribution in [0.25, 0.3) is 0 Å². The lowest BCUT2D eigenvalue weighted by atomic mass is 10.3. The highest BCUT2D eigenvalue weighted by molar-refractivity contribution is 8.03. The molecular formula is C14H22N2O2S3. The highest BCUT2D eigenvalue weighted by atomic mass is 32.2. The van der Waals surface area contributed by atoms with Crippen molar-refractivity contribution in [1.82, 2.24) is 10.2 Å². The molecule has 1 unspecified atom stereocenters. The van der Waals surface area contributed by atoms with E-state index in [1.165, 1.54) is 19.3 Å². The van der Waals surface area contributed by atoms with Gasteiger partial charge in [0.2, 0.25) is 0 Å². The number of esters is 1. The van der Waals surface area contributed by atoms with Crippen LogP contribution in [0.5, 0.6) is 0 Å². The normalized spacial score (nSPS) is 12.1.